The molecule has 0 saturated carbocycles. The number of aromatic nitrogens is 3. The number of carbonyl (C=O) groups is 1. The summed E-state index contributed by atoms with van der Waals surface area (Å²) in [6, 6.07) is 9.34. The average Bonchev–Trinajstić information content (AvgIpc) is 2.98. The summed E-state index contributed by atoms with van der Waals surface area (Å²) in [7, 11) is 0. The van der Waals surface area contributed by atoms with E-state index in [2.05, 4.69) is 10.2 Å². The molecule has 2 aromatic heterocycles. The molecule has 0 saturated heterocycles. The van der Waals surface area contributed by atoms with Crippen LogP contribution in [0.1, 0.15) is 15.5 Å². The zero-order valence-corrected chi connectivity index (χ0v) is 10.5. The van der Waals surface area contributed by atoms with Crippen molar-refractivity contribution in [3.05, 3.63) is 47.2 Å². The van der Waals surface area contributed by atoms with E-state index in [0.717, 1.165) is 17.1 Å². The largest absolute Gasteiger partial charge is 0.486 e. The summed E-state index contributed by atoms with van der Waals surface area (Å²) < 4.78 is 7.20. The quantitative estimate of drug-likeness (QED) is 0.788. The fourth-order valence-electron chi connectivity index (χ4n) is 1.61. The van der Waals surface area contributed by atoms with Crippen LogP contribution >= 0.6 is 11.3 Å². The number of para-hydroxylation sites is 1. The lowest BCUT2D eigenvalue weighted by molar-refractivity contribution is 0.0701. The van der Waals surface area contributed by atoms with Gasteiger partial charge in [0.05, 0.1) is 0 Å². The van der Waals surface area contributed by atoms with Gasteiger partial charge >= 0.3 is 5.97 Å². The Bertz CT molecular complexity index is 720. The second-order valence-corrected chi connectivity index (χ2v) is 4.78. The maximum absolute atomic E-state index is 10.9. The van der Waals surface area contributed by atoms with Gasteiger partial charge in [-0.05, 0) is 12.1 Å². The van der Waals surface area contributed by atoms with Crippen molar-refractivity contribution in [2.24, 2.45) is 0 Å². The van der Waals surface area contributed by atoms with Crippen LogP contribution in [0.5, 0.6) is 5.75 Å². The monoisotopic (exact) mass is 275 g/mol. The van der Waals surface area contributed by atoms with Crippen molar-refractivity contribution in [3.8, 4) is 5.75 Å². The number of aromatic carboxylic acids is 1. The molecule has 0 unspecified atom stereocenters. The first kappa shape index (κ1) is 11.7. The van der Waals surface area contributed by atoms with Gasteiger partial charge in [0.2, 0.25) is 4.96 Å². The Morgan fingerprint density at radius 1 is 1.32 bits per heavy atom. The van der Waals surface area contributed by atoms with Crippen molar-refractivity contribution in [1.29, 1.82) is 0 Å². The molecule has 0 amide bonds. The minimum absolute atomic E-state index is 0.228. The van der Waals surface area contributed by atoms with Crippen LogP contribution in [0.2, 0.25) is 0 Å². The van der Waals surface area contributed by atoms with E-state index in [4.69, 9.17) is 9.84 Å². The molecule has 3 rings (SSSR count). The van der Waals surface area contributed by atoms with E-state index in [1.807, 2.05) is 30.3 Å². The minimum atomic E-state index is -0.967. The van der Waals surface area contributed by atoms with Gasteiger partial charge < -0.3 is 9.84 Å². The van der Waals surface area contributed by atoms with E-state index in [1.165, 1.54) is 6.20 Å². The standard InChI is InChI=1S/C12H9N3O3S/c16-11(17)9-6-15-10(13-14-12(15)19-9)7-18-8-4-2-1-3-5-8/h1-6H,7H2,(H,16,17). The Labute approximate surface area is 111 Å². The molecular weight excluding hydrogens is 266 g/mol. The second kappa shape index (κ2) is 4.69. The summed E-state index contributed by atoms with van der Waals surface area (Å²) >= 11 is 1.08. The summed E-state index contributed by atoms with van der Waals surface area (Å²) in [6.45, 7) is 0.237. The molecule has 96 valence electrons. The van der Waals surface area contributed by atoms with Gasteiger partial charge in [-0.15, -0.1) is 10.2 Å². The lowest BCUT2D eigenvalue weighted by atomic mass is 10.3. The van der Waals surface area contributed by atoms with Gasteiger partial charge in [0.15, 0.2) is 5.82 Å². The molecule has 6 nitrogen and oxygen atoms in total. The predicted molar refractivity (Wildman–Crippen MR) is 68.6 cm³/mol. The smallest absolute Gasteiger partial charge is 0.347 e. The van der Waals surface area contributed by atoms with E-state index in [1.54, 1.807) is 4.40 Å². The predicted octanol–water partition coefficient (Wildman–Crippen LogP) is 2.07. The summed E-state index contributed by atoms with van der Waals surface area (Å²) in [5.41, 5.74) is 0. The Kier molecular flexibility index (Phi) is 2.88. The maximum atomic E-state index is 10.9. The summed E-state index contributed by atoms with van der Waals surface area (Å²) in [5, 5.41) is 16.8. The molecule has 0 aliphatic rings. The molecule has 0 fully saturated rings. The number of fused-ring (bicyclic) bond motifs is 1. The highest BCUT2D eigenvalue weighted by Gasteiger charge is 2.14. The van der Waals surface area contributed by atoms with E-state index in [-0.39, 0.29) is 11.5 Å². The number of rotatable bonds is 4. The van der Waals surface area contributed by atoms with Crippen molar-refractivity contribution in [1.82, 2.24) is 14.6 Å². The topological polar surface area (TPSA) is 76.7 Å². The zero-order valence-electron chi connectivity index (χ0n) is 9.68. The van der Waals surface area contributed by atoms with Gasteiger partial charge in [0.25, 0.3) is 0 Å². The van der Waals surface area contributed by atoms with E-state index < -0.39 is 5.97 Å². The van der Waals surface area contributed by atoms with Crippen LogP contribution < -0.4 is 4.74 Å². The summed E-state index contributed by atoms with van der Waals surface area (Å²) in [5.74, 6) is 0.334. The zero-order chi connectivity index (χ0) is 13.2. The van der Waals surface area contributed by atoms with Gasteiger partial charge in [-0.25, -0.2) is 4.79 Å². The van der Waals surface area contributed by atoms with Gasteiger partial charge in [-0.3, -0.25) is 4.40 Å². The summed E-state index contributed by atoms with van der Waals surface area (Å²) in [4.78, 5) is 11.6. The molecule has 0 aliphatic heterocycles. The van der Waals surface area contributed by atoms with Crippen molar-refractivity contribution in [3.63, 3.8) is 0 Å². The molecule has 0 aliphatic carbocycles. The molecular formula is C12H9N3O3S. The van der Waals surface area contributed by atoms with Crippen LogP contribution in [0.25, 0.3) is 4.96 Å². The Hall–Kier alpha value is -2.41. The second-order valence-electron chi connectivity index (χ2n) is 3.77. The number of carboxylic acids is 1. The molecule has 2 heterocycles. The van der Waals surface area contributed by atoms with Crippen LogP contribution in [-0.4, -0.2) is 25.7 Å². The number of carboxylic acid groups (broad SMARTS) is 1. The molecule has 19 heavy (non-hydrogen) atoms. The van der Waals surface area contributed by atoms with Gasteiger partial charge in [0.1, 0.15) is 17.2 Å². The molecule has 0 bridgehead atoms. The van der Waals surface area contributed by atoms with Gasteiger partial charge in [-0.1, -0.05) is 29.5 Å². The van der Waals surface area contributed by atoms with Crippen LogP contribution in [0.15, 0.2) is 36.5 Å². The number of ether oxygens (including phenoxy) is 1. The SMILES string of the molecule is O=C(O)c1cn2c(COc3ccccc3)nnc2s1. The highest BCUT2D eigenvalue weighted by Crippen LogP contribution is 2.18. The highest BCUT2D eigenvalue weighted by molar-refractivity contribution is 7.18. The Morgan fingerprint density at radius 3 is 2.84 bits per heavy atom. The normalized spacial score (nSPS) is 10.7. The van der Waals surface area contributed by atoms with Crippen molar-refractivity contribution in [2.75, 3.05) is 0 Å². The third-order valence-corrected chi connectivity index (χ3v) is 3.47. The summed E-state index contributed by atoms with van der Waals surface area (Å²) in [6.07, 6.45) is 1.51. The molecule has 3 aromatic rings. The van der Waals surface area contributed by atoms with Crippen molar-refractivity contribution >= 4 is 22.3 Å². The third-order valence-electron chi connectivity index (χ3n) is 2.50. The van der Waals surface area contributed by atoms with Crippen LogP contribution in [0.4, 0.5) is 0 Å². The molecule has 7 heteroatoms. The lowest BCUT2D eigenvalue weighted by Gasteiger charge is -2.03. The molecule has 0 radical (unpaired) electrons. The van der Waals surface area contributed by atoms with Gasteiger partial charge in [0, 0.05) is 6.20 Å². The van der Waals surface area contributed by atoms with Gasteiger partial charge in [-0.2, -0.15) is 0 Å². The van der Waals surface area contributed by atoms with E-state index in [9.17, 15) is 4.79 Å². The van der Waals surface area contributed by atoms with Crippen LogP contribution in [0, 0.1) is 0 Å². The molecule has 0 atom stereocenters. The number of hydrogen-bond donors (Lipinski definition) is 1. The lowest BCUT2D eigenvalue weighted by Crippen LogP contribution is -2.01. The van der Waals surface area contributed by atoms with E-state index in [0.29, 0.717) is 10.8 Å². The average molecular weight is 275 g/mol. The maximum Gasteiger partial charge on any atom is 0.347 e. The number of benzene rings is 1. The van der Waals surface area contributed by atoms with E-state index >= 15 is 0 Å². The first-order valence-electron chi connectivity index (χ1n) is 5.48. The fraction of sp³-hybridized carbons (Fsp3) is 0.0833. The Balaban J connectivity index is 1.83. The fourth-order valence-corrected chi connectivity index (χ4v) is 2.39. The van der Waals surface area contributed by atoms with Crippen LogP contribution in [0.3, 0.4) is 0 Å². The molecule has 1 N–H and O–H groups in total. The first-order valence-corrected chi connectivity index (χ1v) is 6.30. The minimum Gasteiger partial charge on any atom is -0.486 e. The molecule has 0 spiro atoms. The van der Waals surface area contributed by atoms with Crippen molar-refractivity contribution < 1.29 is 14.6 Å². The number of thiazole rings is 1. The highest BCUT2D eigenvalue weighted by atomic mass is 32.1. The number of nitrogens with zero attached hydrogens (tertiary/aromatic N) is 3. The molecule has 1 aromatic carbocycles. The third kappa shape index (κ3) is 2.27. The first-order chi connectivity index (χ1) is 9.24. The van der Waals surface area contributed by atoms with Crippen molar-refractivity contribution in [2.45, 2.75) is 6.61 Å². The Morgan fingerprint density at radius 2 is 2.11 bits per heavy atom. The number of hydrogen-bond acceptors (Lipinski definition) is 5. The van der Waals surface area contributed by atoms with Crippen LogP contribution in [-0.2, 0) is 6.61 Å².